The summed E-state index contributed by atoms with van der Waals surface area (Å²) in [4.78, 5) is 34.8. The molecular formula is C22H20N4O4. The van der Waals surface area contributed by atoms with E-state index in [4.69, 9.17) is 4.74 Å². The maximum Gasteiger partial charge on any atom is 0.347 e. The van der Waals surface area contributed by atoms with Gasteiger partial charge in [0.2, 0.25) is 12.0 Å². The second-order valence-electron chi connectivity index (χ2n) is 6.86. The number of carboxylic acids is 1. The third-order valence-electron chi connectivity index (χ3n) is 5.19. The third-order valence-corrected chi connectivity index (χ3v) is 5.19. The number of carbonyl (C=O) groups excluding carboxylic acids is 1. The fourth-order valence-corrected chi connectivity index (χ4v) is 3.78. The average Bonchev–Trinajstić information content (AvgIpc) is 2.89. The second kappa shape index (κ2) is 7.92. The minimum atomic E-state index is -1.46. The van der Waals surface area contributed by atoms with Gasteiger partial charge in [-0.1, -0.05) is 48.5 Å². The van der Waals surface area contributed by atoms with Crippen LogP contribution in [0.15, 0.2) is 73.1 Å². The Balaban J connectivity index is 1.99. The Hall–Kier alpha value is -3.78. The van der Waals surface area contributed by atoms with Gasteiger partial charge < -0.3 is 14.7 Å². The fraction of sp³-hybridized carbons (Fsp3) is 0.182. The molecule has 0 saturated carbocycles. The van der Waals surface area contributed by atoms with E-state index in [-0.39, 0.29) is 18.5 Å². The standard InChI is InChI=1S/C22H20N4O4/c1-26-17-11-6-5-10-16(17)22(25-14-18(26)27,15-8-3-2-4-9-15)19(20(28)29)30-21-23-12-7-13-24-21/h2-13,19,25H,14H2,1H3,(H,28,29)/t19?,22-/m0/s1. The Kier molecular flexibility index (Phi) is 5.16. The molecule has 8 nitrogen and oxygen atoms in total. The summed E-state index contributed by atoms with van der Waals surface area (Å²) in [6.45, 7) is -0.0805. The largest absolute Gasteiger partial charge is 0.478 e. The highest BCUT2D eigenvalue weighted by Crippen LogP contribution is 2.41. The van der Waals surface area contributed by atoms with Gasteiger partial charge in [0.15, 0.2) is 0 Å². The molecule has 1 unspecified atom stereocenters. The number of fused-ring (bicyclic) bond motifs is 1. The van der Waals surface area contributed by atoms with Crippen LogP contribution in [-0.4, -0.2) is 46.6 Å². The van der Waals surface area contributed by atoms with Crippen LogP contribution in [0.3, 0.4) is 0 Å². The number of anilines is 1. The molecule has 2 aromatic carbocycles. The molecule has 0 fully saturated rings. The van der Waals surface area contributed by atoms with E-state index in [9.17, 15) is 14.7 Å². The lowest BCUT2D eigenvalue weighted by Crippen LogP contribution is -2.58. The van der Waals surface area contributed by atoms with E-state index in [0.717, 1.165) is 0 Å². The number of carbonyl (C=O) groups is 2. The Morgan fingerprint density at radius 3 is 2.47 bits per heavy atom. The summed E-state index contributed by atoms with van der Waals surface area (Å²) in [7, 11) is 1.67. The minimum Gasteiger partial charge on any atom is -0.478 e. The molecule has 0 spiro atoms. The number of ether oxygens (including phenoxy) is 1. The van der Waals surface area contributed by atoms with Crippen molar-refractivity contribution in [1.29, 1.82) is 0 Å². The van der Waals surface area contributed by atoms with Gasteiger partial charge in [0.1, 0.15) is 5.54 Å². The van der Waals surface area contributed by atoms with Crippen LogP contribution in [0.5, 0.6) is 6.01 Å². The highest BCUT2D eigenvalue weighted by molar-refractivity contribution is 5.97. The molecule has 1 aliphatic rings. The molecule has 0 radical (unpaired) electrons. The summed E-state index contributed by atoms with van der Waals surface area (Å²) in [6.07, 6.45) is 1.49. The molecule has 30 heavy (non-hydrogen) atoms. The maximum atomic E-state index is 12.7. The van der Waals surface area contributed by atoms with Crippen molar-refractivity contribution >= 4 is 17.6 Å². The number of hydrogen-bond acceptors (Lipinski definition) is 6. The highest BCUT2D eigenvalue weighted by Gasteiger charge is 2.51. The number of rotatable bonds is 5. The predicted molar refractivity (Wildman–Crippen MR) is 109 cm³/mol. The van der Waals surface area contributed by atoms with Crippen LogP contribution in [-0.2, 0) is 15.1 Å². The summed E-state index contributed by atoms with van der Waals surface area (Å²) in [6, 6.07) is 17.8. The van der Waals surface area contributed by atoms with Crippen molar-refractivity contribution in [3.63, 3.8) is 0 Å². The first-order valence-electron chi connectivity index (χ1n) is 9.37. The van der Waals surface area contributed by atoms with Gasteiger partial charge in [-0.25, -0.2) is 14.8 Å². The number of carboxylic acid groups (broad SMARTS) is 1. The molecule has 0 aliphatic carbocycles. The zero-order valence-electron chi connectivity index (χ0n) is 16.2. The van der Waals surface area contributed by atoms with Crippen LogP contribution >= 0.6 is 0 Å². The third kappa shape index (κ3) is 3.27. The molecular weight excluding hydrogens is 384 g/mol. The lowest BCUT2D eigenvalue weighted by molar-refractivity contribution is -0.149. The van der Waals surface area contributed by atoms with Crippen LogP contribution in [0, 0.1) is 0 Å². The first kappa shape index (κ1) is 19.5. The Morgan fingerprint density at radius 2 is 1.77 bits per heavy atom. The van der Waals surface area contributed by atoms with E-state index in [2.05, 4.69) is 15.3 Å². The molecule has 1 aromatic heterocycles. The number of likely N-dealkylation sites (N-methyl/N-ethyl adjacent to an activating group) is 1. The SMILES string of the molecule is CN1C(=O)CN[C@](c2ccccc2)(C(Oc2ncccn2)C(=O)O)c2ccccc21. The molecule has 2 atom stereocenters. The van der Waals surface area contributed by atoms with Crippen molar-refractivity contribution in [2.75, 3.05) is 18.5 Å². The van der Waals surface area contributed by atoms with Gasteiger partial charge in [0.05, 0.1) is 6.54 Å². The smallest absolute Gasteiger partial charge is 0.347 e. The second-order valence-corrected chi connectivity index (χ2v) is 6.86. The number of benzene rings is 2. The predicted octanol–water partition coefficient (Wildman–Crippen LogP) is 1.82. The van der Waals surface area contributed by atoms with Crippen molar-refractivity contribution in [3.8, 4) is 6.01 Å². The van der Waals surface area contributed by atoms with Gasteiger partial charge in [0, 0.05) is 30.7 Å². The lowest BCUT2D eigenvalue weighted by Gasteiger charge is -2.39. The Morgan fingerprint density at radius 1 is 1.10 bits per heavy atom. The molecule has 152 valence electrons. The topological polar surface area (TPSA) is 105 Å². The van der Waals surface area contributed by atoms with Gasteiger partial charge in [-0.3, -0.25) is 10.1 Å². The molecule has 0 bridgehead atoms. The van der Waals surface area contributed by atoms with Crippen LogP contribution < -0.4 is 15.0 Å². The number of hydrogen-bond donors (Lipinski definition) is 2. The van der Waals surface area contributed by atoms with E-state index in [1.54, 1.807) is 37.4 Å². The number of aliphatic carboxylic acids is 1. The van der Waals surface area contributed by atoms with Crippen molar-refractivity contribution in [2.24, 2.45) is 0 Å². The monoisotopic (exact) mass is 404 g/mol. The molecule has 1 aliphatic heterocycles. The maximum absolute atomic E-state index is 12.7. The molecule has 1 amide bonds. The van der Waals surface area contributed by atoms with Gasteiger partial charge >= 0.3 is 12.0 Å². The molecule has 2 heterocycles. The van der Waals surface area contributed by atoms with Crippen molar-refractivity contribution in [1.82, 2.24) is 15.3 Å². The van der Waals surface area contributed by atoms with Gasteiger partial charge in [-0.15, -0.1) is 0 Å². The zero-order chi connectivity index (χ0) is 21.1. The summed E-state index contributed by atoms with van der Waals surface area (Å²) in [5.41, 5.74) is 0.473. The van der Waals surface area contributed by atoms with Gasteiger partial charge in [-0.2, -0.15) is 0 Å². The minimum absolute atomic E-state index is 0.0663. The quantitative estimate of drug-likeness (QED) is 0.668. The molecule has 3 aromatic rings. The van der Waals surface area contributed by atoms with Crippen molar-refractivity contribution in [3.05, 3.63) is 84.2 Å². The van der Waals surface area contributed by atoms with Gasteiger partial charge in [0.25, 0.3) is 0 Å². The number of para-hydroxylation sites is 1. The van der Waals surface area contributed by atoms with Crippen LogP contribution in [0.4, 0.5) is 5.69 Å². The number of nitrogens with one attached hydrogen (secondary N) is 1. The van der Waals surface area contributed by atoms with Crippen LogP contribution in [0.2, 0.25) is 0 Å². The van der Waals surface area contributed by atoms with E-state index in [1.807, 2.05) is 30.3 Å². The van der Waals surface area contributed by atoms with Crippen molar-refractivity contribution < 1.29 is 19.4 Å². The summed E-state index contributed by atoms with van der Waals surface area (Å²) in [5.74, 6) is -1.41. The normalized spacial score (nSPS) is 19.5. The van der Waals surface area contributed by atoms with E-state index in [0.29, 0.717) is 16.8 Å². The van der Waals surface area contributed by atoms with E-state index < -0.39 is 17.6 Å². The lowest BCUT2D eigenvalue weighted by atomic mass is 9.77. The Bertz CT molecular complexity index is 1060. The highest BCUT2D eigenvalue weighted by atomic mass is 16.5. The Labute approximate surface area is 173 Å². The van der Waals surface area contributed by atoms with Crippen LogP contribution in [0.1, 0.15) is 11.1 Å². The first-order valence-corrected chi connectivity index (χ1v) is 9.37. The number of nitrogens with zero attached hydrogens (tertiary/aromatic N) is 3. The summed E-state index contributed by atoms with van der Waals surface area (Å²) in [5, 5.41) is 13.4. The molecule has 8 heteroatoms. The summed E-state index contributed by atoms with van der Waals surface area (Å²) < 4.78 is 5.84. The number of aromatic nitrogens is 2. The first-order chi connectivity index (χ1) is 14.5. The number of amides is 1. The van der Waals surface area contributed by atoms with Gasteiger partial charge in [-0.05, 0) is 17.7 Å². The fourth-order valence-electron chi connectivity index (χ4n) is 3.78. The van der Waals surface area contributed by atoms with E-state index in [1.165, 1.54) is 17.3 Å². The van der Waals surface area contributed by atoms with E-state index >= 15 is 0 Å². The van der Waals surface area contributed by atoms with Crippen molar-refractivity contribution in [2.45, 2.75) is 11.6 Å². The average molecular weight is 404 g/mol. The zero-order valence-corrected chi connectivity index (χ0v) is 16.2. The molecule has 2 N–H and O–H groups in total. The molecule has 4 rings (SSSR count). The van der Waals surface area contributed by atoms with Crippen LogP contribution in [0.25, 0.3) is 0 Å². The summed E-state index contributed by atoms with van der Waals surface area (Å²) >= 11 is 0. The molecule has 0 saturated heterocycles.